The lowest BCUT2D eigenvalue weighted by atomic mass is 10.3. The summed E-state index contributed by atoms with van der Waals surface area (Å²) in [5, 5.41) is 0.637. The molecule has 1 aromatic carbocycles. The van der Waals surface area contributed by atoms with Gasteiger partial charge < -0.3 is 10.5 Å². The minimum atomic E-state index is 0.339. The van der Waals surface area contributed by atoms with Crippen molar-refractivity contribution in [1.29, 1.82) is 0 Å². The second kappa shape index (κ2) is 5.44. The maximum absolute atomic E-state index is 5.92. The first-order valence-electron chi connectivity index (χ1n) is 5.98. The molecule has 0 aliphatic heterocycles. The second-order valence-electron chi connectivity index (χ2n) is 4.17. The number of nitrogens with zero attached hydrogens (tertiary/aromatic N) is 2. The summed E-state index contributed by atoms with van der Waals surface area (Å²) in [5.41, 5.74) is 7.42. The zero-order valence-electron chi connectivity index (χ0n) is 10.4. The highest BCUT2D eigenvalue weighted by atomic mass is 79.9. The molecule has 3 aromatic rings. The first-order chi connectivity index (χ1) is 9.69. The van der Waals surface area contributed by atoms with Gasteiger partial charge in [-0.15, -0.1) is 0 Å². The van der Waals surface area contributed by atoms with Gasteiger partial charge in [-0.3, -0.25) is 4.40 Å². The van der Waals surface area contributed by atoms with Gasteiger partial charge in [0.05, 0.1) is 4.47 Å². The molecular weight excluding hydrogens is 342 g/mol. The summed E-state index contributed by atoms with van der Waals surface area (Å²) >= 11 is 9.34. The standard InChI is InChI=1S/C14H11BrClN3O/c15-10-7-9(16)4-5-12(10)20-14-11(8-17)19-6-2-1-3-13(19)18-14/h1-7H,8,17H2. The van der Waals surface area contributed by atoms with Crippen LogP contribution in [0.5, 0.6) is 11.6 Å². The van der Waals surface area contributed by atoms with Crippen LogP contribution in [0.3, 0.4) is 0 Å². The molecule has 2 heterocycles. The van der Waals surface area contributed by atoms with Gasteiger partial charge in [0.1, 0.15) is 17.1 Å². The van der Waals surface area contributed by atoms with Gasteiger partial charge in [0.2, 0.25) is 5.88 Å². The average Bonchev–Trinajstić information content (AvgIpc) is 2.79. The zero-order chi connectivity index (χ0) is 14.1. The number of aromatic nitrogens is 2. The third-order valence-electron chi connectivity index (χ3n) is 2.89. The summed E-state index contributed by atoms with van der Waals surface area (Å²) in [4.78, 5) is 4.45. The van der Waals surface area contributed by atoms with Gasteiger partial charge in [-0.05, 0) is 46.3 Å². The van der Waals surface area contributed by atoms with E-state index in [9.17, 15) is 0 Å². The van der Waals surface area contributed by atoms with Gasteiger partial charge in [0.25, 0.3) is 0 Å². The molecule has 0 bridgehead atoms. The van der Waals surface area contributed by atoms with Gasteiger partial charge >= 0.3 is 0 Å². The Balaban J connectivity index is 2.06. The van der Waals surface area contributed by atoms with Crippen LogP contribution >= 0.6 is 27.5 Å². The lowest BCUT2D eigenvalue weighted by Gasteiger charge is -2.07. The molecule has 2 N–H and O–H groups in total. The predicted molar refractivity (Wildman–Crippen MR) is 82.3 cm³/mol. The van der Waals surface area contributed by atoms with Gasteiger partial charge in [0, 0.05) is 17.8 Å². The van der Waals surface area contributed by atoms with Crippen LogP contribution in [0.2, 0.25) is 5.02 Å². The Hall–Kier alpha value is -1.56. The minimum Gasteiger partial charge on any atom is -0.436 e. The average molecular weight is 353 g/mol. The highest BCUT2D eigenvalue weighted by Gasteiger charge is 2.14. The van der Waals surface area contributed by atoms with Crippen LogP contribution in [-0.2, 0) is 6.54 Å². The number of nitrogens with two attached hydrogens (primary N) is 1. The number of rotatable bonds is 3. The number of benzene rings is 1. The molecule has 20 heavy (non-hydrogen) atoms. The van der Waals surface area contributed by atoms with E-state index in [2.05, 4.69) is 20.9 Å². The smallest absolute Gasteiger partial charge is 0.242 e. The minimum absolute atomic E-state index is 0.339. The van der Waals surface area contributed by atoms with Crippen molar-refractivity contribution in [3.8, 4) is 11.6 Å². The van der Waals surface area contributed by atoms with E-state index in [4.69, 9.17) is 22.1 Å². The predicted octanol–water partition coefficient (Wildman–Crippen LogP) is 4.00. The number of pyridine rings is 1. The van der Waals surface area contributed by atoms with Gasteiger partial charge in [-0.25, -0.2) is 0 Å². The molecule has 3 rings (SSSR count). The first-order valence-corrected chi connectivity index (χ1v) is 7.15. The van der Waals surface area contributed by atoms with E-state index in [1.165, 1.54) is 0 Å². The molecule has 0 fully saturated rings. The summed E-state index contributed by atoms with van der Waals surface area (Å²) in [6, 6.07) is 11.1. The number of hydrogen-bond acceptors (Lipinski definition) is 3. The number of imidazole rings is 1. The van der Waals surface area contributed by atoms with Crippen molar-refractivity contribution in [1.82, 2.24) is 9.38 Å². The summed E-state index contributed by atoms with van der Waals surface area (Å²) in [6.07, 6.45) is 1.91. The SMILES string of the molecule is NCc1c(Oc2ccc(Cl)cc2Br)nc2ccccn12. The lowest BCUT2D eigenvalue weighted by molar-refractivity contribution is 0.456. The Morgan fingerprint density at radius 3 is 2.90 bits per heavy atom. The third-order valence-corrected chi connectivity index (χ3v) is 3.74. The summed E-state index contributed by atoms with van der Waals surface area (Å²) in [7, 11) is 0. The molecule has 2 aromatic heterocycles. The molecule has 0 atom stereocenters. The van der Waals surface area contributed by atoms with E-state index in [-0.39, 0.29) is 0 Å². The Kier molecular flexibility index (Phi) is 3.65. The van der Waals surface area contributed by atoms with Gasteiger partial charge in [-0.1, -0.05) is 17.7 Å². The molecule has 0 aliphatic carbocycles. The molecule has 0 aliphatic rings. The number of fused-ring (bicyclic) bond motifs is 1. The molecule has 0 saturated carbocycles. The highest BCUT2D eigenvalue weighted by Crippen LogP contribution is 2.33. The number of hydrogen-bond donors (Lipinski definition) is 1. The second-order valence-corrected chi connectivity index (χ2v) is 5.46. The Labute approximate surface area is 129 Å². The molecule has 0 radical (unpaired) electrons. The fraction of sp³-hybridized carbons (Fsp3) is 0.0714. The van der Waals surface area contributed by atoms with E-state index < -0.39 is 0 Å². The lowest BCUT2D eigenvalue weighted by Crippen LogP contribution is -2.02. The fourth-order valence-electron chi connectivity index (χ4n) is 1.95. The Morgan fingerprint density at radius 1 is 1.30 bits per heavy atom. The van der Waals surface area contributed by atoms with Gasteiger partial charge in [0.15, 0.2) is 0 Å². The van der Waals surface area contributed by atoms with Crippen molar-refractivity contribution >= 4 is 33.2 Å². The molecule has 6 heteroatoms. The van der Waals surface area contributed by atoms with E-state index in [0.29, 0.717) is 23.2 Å². The van der Waals surface area contributed by atoms with E-state index in [1.807, 2.05) is 28.8 Å². The van der Waals surface area contributed by atoms with Crippen LogP contribution in [0.15, 0.2) is 47.1 Å². The molecule has 102 valence electrons. The van der Waals surface area contributed by atoms with Crippen molar-refractivity contribution in [2.45, 2.75) is 6.54 Å². The summed E-state index contributed by atoms with van der Waals surface area (Å²) < 4.78 is 8.54. The summed E-state index contributed by atoms with van der Waals surface area (Å²) in [6.45, 7) is 0.339. The quantitative estimate of drug-likeness (QED) is 0.775. The van der Waals surface area contributed by atoms with Crippen LogP contribution in [0.25, 0.3) is 5.65 Å². The number of halogens is 2. The summed E-state index contributed by atoms with van der Waals surface area (Å²) in [5.74, 6) is 1.15. The zero-order valence-corrected chi connectivity index (χ0v) is 12.7. The van der Waals surface area contributed by atoms with Crippen LogP contribution in [0.1, 0.15) is 5.69 Å². The van der Waals surface area contributed by atoms with Crippen LogP contribution < -0.4 is 10.5 Å². The maximum atomic E-state index is 5.92. The maximum Gasteiger partial charge on any atom is 0.242 e. The molecule has 4 nitrogen and oxygen atoms in total. The normalized spacial score (nSPS) is 10.9. The van der Waals surface area contributed by atoms with E-state index in [0.717, 1.165) is 15.8 Å². The molecule has 0 spiro atoms. The first kappa shape index (κ1) is 13.4. The molecule has 0 unspecified atom stereocenters. The Morgan fingerprint density at radius 2 is 2.15 bits per heavy atom. The monoisotopic (exact) mass is 351 g/mol. The molecule has 0 saturated heterocycles. The van der Waals surface area contributed by atoms with Crippen LogP contribution in [0.4, 0.5) is 0 Å². The van der Waals surface area contributed by atoms with Crippen molar-refractivity contribution in [3.63, 3.8) is 0 Å². The largest absolute Gasteiger partial charge is 0.436 e. The van der Waals surface area contributed by atoms with Crippen LogP contribution in [-0.4, -0.2) is 9.38 Å². The van der Waals surface area contributed by atoms with E-state index in [1.54, 1.807) is 18.2 Å². The highest BCUT2D eigenvalue weighted by molar-refractivity contribution is 9.10. The van der Waals surface area contributed by atoms with E-state index >= 15 is 0 Å². The Bertz CT molecular complexity index is 772. The topological polar surface area (TPSA) is 52.5 Å². The number of ether oxygens (including phenoxy) is 1. The third kappa shape index (κ3) is 2.40. The van der Waals surface area contributed by atoms with Crippen molar-refractivity contribution in [2.24, 2.45) is 5.73 Å². The van der Waals surface area contributed by atoms with Crippen LogP contribution in [0, 0.1) is 0 Å². The van der Waals surface area contributed by atoms with Crippen molar-refractivity contribution < 1.29 is 4.74 Å². The molecular formula is C14H11BrClN3O. The van der Waals surface area contributed by atoms with Crippen molar-refractivity contribution in [2.75, 3.05) is 0 Å². The fourth-order valence-corrected chi connectivity index (χ4v) is 2.72. The van der Waals surface area contributed by atoms with Crippen molar-refractivity contribution in [3.05, 3.63) is 57.8 Å². The van der Waals surface area contributed by atoms with Gasteiger partial charge in [-0.2, -0.15) is 4.98 Å². The molecule has 0 amide bonds.